The topological polar surface area (TPSA) is 119 Å². The molecule has 3 aromatic carbocycles. The van der Waals surface area contributed by atoms with Crippen molar-refractivity contribution in [3.8, 4) is 5.75 Å². The molecular weight excluding hydrogens is 422 g/mol. The lowest BCUT2D eigenvalue weighted by Crippen LogP contribution is -2.29. The number of hydrogen-bond donors (Lipinski definition) is 2. The molecule has 0 fully saturated rings. The standard InChI is InChI=1S/C24H25N5O4/c1-18(32)33-24-12-8-22(9-13-24)28-26-20-4-2-19(3-5-20)25-27-21-6-10-23(11-7-21)29(14-16-30)15-17-31/h2-13,30-31H,14-17H2,1H3. The number of carbonyl (C=O) groups excluding carboxylic acids is 1. The lowest BCUT2D eigenvalue weighted by Gasteiger charge is -2.22. The molecule has 0 aliphatic carbocycles. The molecule has 0 aliphatic heterocycles. The average Bonchev–Trinajstić information content (AvgIpc) is 2.83. The smallest absolute Gasteiger partial charge is 0.308 e. The minimum absolute atomic E-state index is 0.0133. The highest BCUT2D eigenvalue weighted by atomic mass is 16.5. The van der Waals surface area contributed by atoms with Crippen LogP contribution in [-0.4, -0.2) is 42.5 Å². The molecule has 0 radical (unpaired) electrons. The normalized spacial score (nSPS) is 11.2. The summed E-state index contributed by atoms with van der Waals surface area (Å²) in [7, 11) is 0. The Kier molecular flexibility index (Phi) is 8.75. The van der Waals surface area contributed by atoms with Crippen LogP contribution in [0, 0.1) is 0 Å². The van der Waals surface area contributed by atoms with Crippen molar-refractivity contribution in [2.75, 3.05) is 31.2 Å². The van der Waals surface area contributed by atoms with Crippen LogP contribution in [-0.2, 0) is 4.79 Å². The molecule has 0 atom stereocenters. The Morgan fingerprint density at radius 1 is 0.697 bits per heavy atom. The van der Waals surface area contributed by atoms with Gasteiger partial charge in [0.05, 0.1) is 36.0 Å². The van der Waals surface area contributed by atoms with Gasteiger partial charge in [0.15, 0.2) is 0 Å². The van der Waals surface area contributed by atoms with Crippen LogP contribution in [0.3, 0.4) is 0 Å². The van der Waals surface area contributed by atoms with Crippen molar-refractivity contribution in [2.45, 2.75) is 6.92 Å². The molecule has 9 nitrogen and oxygen atoms in total. The second kappa shape index (κ2) is 12.2. The highest BCUT2D eigenvalue weighted by Crippen LogP contribution is 2.25. The third-order valence-corrected chi connectivity index (χ3v) is 4.46. The van der Waals surface area contributed by atoms with Crippen molar-refractivity contribution >= 4 is 34.4 Å². The first-order chi connectivity index (χ1) is 16.1. The number of benzene rings is 3. The van der Waals surface area contributed by atoms with Gasteiger partial charge in [0.25, 0.3) is 0 Å². The van der Waals surface area contributed by atoms with E-state index in [9.17, 15) is 4.79 Å². The summed E-state index contributed by atoms with van der Waals surface area (Å²) >= 11 is 0. The molecule has 0 heterocycles. The molecule has 0 saturated carbocycles. The van der Waals surface area contributed by atoms with Gasteiger partial charge in [-0.1, -0.05) is 0 Å². The highest BCUT2D eigenvalue weighted by molar-refractivity contribution is 5.69. The molecule has 0 amide bonds. The number of esters is 1. The summed E-state index contributed by atoms with van der Waals surface area (Å²) in [6.45, 7) is 2.27. The van der Waals surface area contributed by atoms with Gasteiger partial charge in [-0.2, -0.15) is 20.5 Å². The SMILES string of the molecule is CC(=O)Oc1ccc(N=Nc2ccc(N=Nc3ccc(N(CCO)CCO)cc3)cc2)cc1. The van der Waals surface area contributed by atoms with Crippen molar-refractivity contribution in [3.63, 3.8) is 0 Å². The molecule has 33 heavy (non-hydrogen) atoms. The fourth-order valence-electron chi connectivity index (χ4n) is 2.91. The van der Waals surface area contributed by atoms with E-state index in [1.54, 1.807) is 48.5 Å². The summed E-state index contributed by atoms with van der Waals surface area (Å²) in [6, 6.07) is 21.3. The first-order valence-corrected chi connectivity index (χ1v) is 10.4. The molecule has 0 aromatic heterocycles. The molecule has 3 aromatic rings. The van der Waals surface area contributed by atoms with Crippen LogP contribution < -0.4 is 9.64 Å². The Labute approximate surface area is 191 Å². The highest BCUT2D eigenvalue weighted by Gasteiger charge is 2.05. The van der Waals surface area contributed by atoms with Gasteiger partial charge in [-0.3, -0.25) is 4.79 Å². The Morgan fingerprint density at radius 2 is 1.06 bits per heavy atom. The van der Waals surface area contributed by atoms with E-state index in [1.165, 1.54) is 6.92 Å². The van der Waals surface area contributed by atoms with Crippen LogP contribution in [0.25, 0.3) is 0 Å². The van der Waals surface area contributed by atoms with Crippen LogP contribution >= 0.6 is 0 Å². The van der Waals surface area contributed by atoms with Crippen molar-refractivity contribution in [2.24, 2.45) is 20.5 Å². The summed E-state index contributed by atoms with van der Waals surface area (Å²) in [5, 5.41) is 35.1. The molecule has 0 unspecified atom stereocenters. The number of aliphatic hydroxyl groups excluding tert-OH is 2. The zero-order valence-electron chi connectivity index (χ0n) is 18.2. The van der Waals surface area contributed by atoms with Crippen LogP contribution in [0.1, 0.15) is 6.92 Å². The van der Waals surface area contributed by atoms with E-state index in [1.807, 2.05) is 29.2 Å². The minimum Gasteiger partial charge on any atom is -0.427 e. The number of carbonyl (C=O) groups is 1. The Hall–Kier alpha value is -3.95. The number of ether oxygens (including phenoxy) is 1. The number of rotatable bonds is 10. The Morgan fingerprint density at radius 3 is 1.42 bits per heavy atom. The predicted molar refractivity (Wildman–Crippen MR) is 125 cm³/mol. The van der Waals surface area contributed by atoms with Crippen molar-refractivity contribution < 1.29 is 19.7 Å². The number of azo groups is 2. The van der Waals surface area contributed by atoms with Crippen molar-refractivity contribution in [1.29, 1.82) is 0 Å². The van der Waals surface area contributed by atoms with Crippen LogP contribution in [0.5, 0.6) is 5.75 Å². The van der Waals surface area contributed by atoms with Crippen LogP contribution in [0.2, 0.25) is 0 Å². The third kappa shape index (κ3) is 7.60. The quantitative estimate of drug-likeness (QED) is 0.250. The molecule has 0 spiro atoms. The van der Waals surface area contributed by atoms with Crippen molar-refractivity contribution in [1.82, 2.24) is 0 Å². The maximum Gasteiger partial charge on any atom is 0.308 e. The number of hydrogen-bond acceptors (Lipinski definition) is 9. The third-order valence-electron chi connectivity index (χ3n) is 4.46. The first kappa shape index (κ1) is 23.7. The van der Waals surface area contributed by atoms with Crippen molar-refractivity contribution in [3.05, 3.63) is 72.8 Å². The first-order valence-electron chi connectivity index (χ1n) is 10.4. The fraction of sp³-hybridized carbons (Fsp3) is 0.208. The lowest BCUT2D eigenvalue weighted by molar-refractivity contribution is -0.131. The van der Waals surface area contributed by atoms with E-state index in [-0.39, 0.29) is 19.2 Å². The fourth-order valence-corrected chi connectivity index (χ4v) is 2.91. The molecule has 0 bridgehead atoms. The van der Waals surface area contributed by atoms with Gasteiger partial charge in [-0.05, 0) is 72.8 Å². The van der Waals surface area contributed by atoms with E-state index in [0.29, 0.717) is 41.6 Å². The molecular formula is C24H25N5O4. The summed E-state index contributed by atoms with van der Waals surface area (Å²) in [5.74, 6) is 0.0832. The van der Waals surface area contributed by atoms with Gasteiger partial charge in [-0.15, -0.1) is 0 Å². The molecule has 0 saturated heterocycles. The number of anilines is 1. The van der Waals surface area contributed by atoms with Crippen LogP contribution in [0.15, 0.2) is 93.3 Å². The maximum absolute atomic E-state index is 10.9. The van der Waals surface area contributed by atoms with E-state index < -0.39 is 0 Å². The second-order valence-electron chi connectivity index (χ2n) is 6.95. The molecule has 3 rings (SSSR count). The largest absolute Gasteiger partial charge is 0.427 e. The summed E-state index contributed by atoms with van der Waals surface area (Å²) in [5.41, 5.74) is 3.55. The number of nitrogens with zero attached hydrogens (tertiary/aromatic N) is 5. The Bertz CT molecular complexity index is 1080. The van der Waals surface area contributed by atoms with E-state index >= 15 is 0 Å². The Balaban J connectivity index is 1.58. The second-order valence-corrected chi connectivity index (χ2v) is 6.95. The van der Waals surface area contributed by atoms with Gasteiger partial charge in [0.2, 0.25) is 0 Å². The lowest BCUT2D eigenvalue weighted by atomic mass is 10.2. The zero-order valence-corrected chi connectivity index (χ0v) is 18.2. The maximum atomic E-state index is 10.9. The van der Waals surface area contributed by atoms with Crippen LogP contribution in [0.4, 0.5) is 28.4 Å². The summed E-state index contributed by atoms with van der Waals surface area (Å²) in [4.78, 5) is 12.8. The summed E-state index contributed by atoms with van der Waals surface area (Å²) in [6.07, 6.45) is 0. The molecule has 0 aliphatic rings. The molecule has 9 heteroatoms. The zero-order chi connectivity index (χ0) is 23.5. The van der Waals surface area contributed by atoms with Gasteiger partial charge in [-0.25, -0.2) is 0 Å². The monoisotopic (exact) mass is 447 g/mol. The molecule has 2 N–H and O–H groups in total. The van der Waals surface area contributed by atoms with Gasteiger partial charge in [0, 0.05) is 25.7 Å². The van der Waals surface area contributed by atoms with Gasteiger partial charge < -0.3 is 19.8 Å². The number of aliphatic hydroxyl groups is 2. The summed E-state index contributed by atoms with van der Waals surface area (Å²) < 4.78 is 4.99. The predicted octanol–water partition coefficient (Wildman–Crippen LogP) is 5.23. The van der Waals surface area contributed by atoms with E-state index in [0.717, 1.165) is 5.69 Å². The average molecular weight is 447 g/mol. The van der Waals surface area contributed by atoms with E-state index in [4.69, 9.17) is 14.9 Å². The van der Waals surface area contributed by atoms with Gasteiger partial charge >= 0.3 is 5.97 Å². The van der Waals surface area contributed by atoms with E-state index in [2.05, 4.69) is 20.5 Å². The minimum atomic E-state index is -0.374. The van der Waals surface area contributed by atoms with Gasteiger partial charge in [0.1, 0.15) is 5.75 Å². The molecule has 170 valence electrons.